The van der Waals surface area contributed by atoms with Crippen molar-refractivity contribution in [3.63, 3.8) is 0 Å². The van der Waals surface area contributed by atoms with Crippen molar-refractivity contribution < 1.29 is 18.5 Å². The summed E-state index contributed by atoms with van der Waals surface area (Å²) in [6.07, 6.45) is 12.6. The van der Waals surface area contributed by atoms with E-state index in [2.05, 4.69) is 66.9 Å². The number of esters is 1. The van der Waals surface area contributed by atoms with Crippen LogP contribution in [-0.4, -0.2) is 62.3 Å². The van der Waals surface area contributed by atoms with Crippen molar-refractivity contribution in [3.05, 3.63) is 47.7 Å². The molecule has 1 aromatic carbocycles. The molecule has 0 saturated carbocycles. The first-order valence-electron chi connectivity index (χ1n) is 15.4. The number of carbonyl (C=O) groups is 2. The minimum Gasteiger partial charge on any atom is -0.464 e. The Hall–Kier alpha value is -2.36. The molecule has 3 aromatic rings. The Kier molecular flexibility index (Phi) is 16.6. The lowest BCUT2D eigenvalue weighted by Gasteiger charge is -2.43. The molecule has 0 aliphatic rings. The Bertz CT molecular complexity index is 1300. The standard InChI is InChI=1S/C30H43N3O4S2.2C2H6/c1-9-22-13-14-25-24(12-10-16-37-39(7,8)30(3,4)5)28(29(35)36-6)33(15-11-17-38-21(2)34)27(25)26(22)23-18-31-20-32-19-23;2*1-2/h13-14,18-20H,9-12,15-17H2,1-8H3;2*1-2H3. The lowest BCUT2D eigenvalue weighted by Crippen LogP contribution is -2.25. The van der Waals surface area contributed by atoms with Crippen LogP contribution in [0, 0.1) is 0 Å². The molecule has 0 bridgehead atoms. The second kappa shape index (κ2) is 18.4. The number of thioether (sulfide) groups is 1. The maximum Gasteiger partial charge on any atom is 0.354 e. The highest BCUT2D eigenvalue weighted by Gasteiger charge is 2.29. The van der Waals surface area contributed by atoms with E-state index in [0.717, 1.165) is 52.4 Å². The van der Waals surface area contributed by atoms with Gasteiger partial charge in [-0.05, 0) is 49.3 Å². The van der Waals surface area contributed by atoms with Gasteiger partial charge < -0.3 is 13.5 Å². The van der Waals surface area contributed by atoms with Crippen LogP contribution in [0.3, 0.4) is 0 Å². The Balaban J connectivity index is 0.00000221. The first-order valence-corrected chi connectivity index (χ1v) is 18.8. The number of carbonyl (C=O) groups excluding carboxylic acids is 2. The average molecular weight is 634 g/mol. The van der Waals surface area contributed by atoms with Gasteiger partial charge in [0.15, 0.2) is 5.12 Å². The van der Waals surface area contributed by atoms with Gasteiger partial charge in [-0.25, -0.2) is 14.8 Å². The summed E-state index contributed by atoms with van der Waals surface area (Å²) >= 11 is 1.31. The van der Waals surface area contributed by atoms with Crippen molar-refractivity contribution in [1.29, 1.82) is 0 Å². The maximum atomic E-state index is 13.3. The van der Waals surface area contributed by atoms with Gasteiger partial charge in [0.2, 0.25) is 0 Å². The number of hydrogen-bond donors (Lipinski definition) is 0. The third-order valence-electron chi connectivity index (χ3n) is 7.28. The molecule has 0 aliphatic carbocycles. The lowest BCUT2D eigenvalue weighted by atomic mass is 9.95. The highest BCUT2D eigenvalue weighted by Crippen LogP contribution is 2.53. The van der Waals surface area contributed by atoms with Gasteiger partial charge in [0.05, 0.1) is 19.2 Å². The molecule has 0 unspecified atom stereocenters. The number of fused-ring (bicyclic) bond motifs is 1. The maximum absolute atomic E-state index is 13.3. The van der Waals surface area contributed by atoms with E-state index in [1.54, 1.807) is 6.92 Å². The van der Waals surface area contributed by atoms with Crippen molar-refractivity contribution in [1.82, 2.24) is 14.5 Å². The van der Waals surface area contributed by atoms with Gasteiger partial charge >= 0.3 is 5.97 Å². The van der Waals surface area contributed by atoms with E-state index in [4.69, 9.17) is 8.92 Å². The Morgan fingerprint density at radius 2 is 1.65 bits per heavy atom. The number of methoxy groups -OCH3 is 1. The molecule has 0 amide bonds. The molecule has 0 N–H and O–H groups in total. The molecule has 0 spiro atoms. The molecule has 0 atom stereocenters. The molecule has 0 fully saturated rings. The van der Waals surface area contributed by atoms with Crippen molar-refractivity contribution in [2.45, 2.75) is 99.3 Å². The molecule has 0 aliphatic heterocycles. The molecule has 0 radical (unpaired) electrons. The summed E-state index contributed by atoms with van der Waals surface area (Å²) in [4.78, 5) is 33.5. The first kappa shape index (κ1) is 38.7. The van der Waals surface area contributed by atoms with Gasteiger partial charge in [0.25, 0.3) is 0 Å². The molecule has 7 nitrogen and oxygen atoms in total. The summed E-state index contributed by atoms with van der Waals surface area (Å²) in [5.41, 5.74) is 5.67. The molecule has 9 heteroatoms. The van der Waals surface area contributed by atoms with Crippen molar-refractivity contribution >= 4 is 44.1 Å². The number of aromatic nitrogens is 3. The number of nitrogens with zero attached hydrogens (tertiary/aromatic N) is 3. The van der Waals surface area contributed by atoms with E-state index >= 15 is 0 Å². The predicted molar refractivity (Wildman–Crippen MR) is 188 cm³/mol. The second-order valence-electron chi connectivity index (χ2n) is 10.9. The van der Waals surface area contributed by atoms with Crippen LogP contribution >= 0.6 is 22.1 Å². The summed E-state index contributed by atoms with van der Waals surface area (Å²) in [5, 5.41) is 1.13. The predicted octanol–water partition coefficient (Wildman–Crippen LogP) is 8.90. The molecule has 2 heterocycles. The number of benzene rings is 1. The summed E-state index contributed by atoms with van der Waals surface area (Å²) < 4.78 is 13.9. The van der Waals surface area contributed by atoms with E-state index in [9.17, 15) is 9.59 Å². The topological polar surface area (TPSA) is 83.3 Å². The SMILES string of the molecule is CC.CC.CCc1ccc2c(CCCOS(C)(C)C(C)(C)C)c(C(=O)OC)n(CCCSC(C)=O)c2c1-c1cncnc1. The highest BCUT2D eigenvalue weighted by molar-refractivity contribution is 8.29. The fourth-order valence-electron chi connectivity index (χ4n) is 4.54. The number of ether oxygens (including phenoxy) is 1. The van der Waals surface area contributed by atoms with Gasteiger partial charge in [-0.2, -0.15) is 0 Å². The van der Waals surface area contributed by atoms with Crippen LogP contribution < -0.4 is 0 Å². The van der Waals surface area contributed by atoms with Gasteiger partial charge in [0, 0.05) is 52.9 Å². The highest BCUT2D eigenvalue weighted by atomic mass is 32.3. The summed E-state index contributed by atoms with van der Waals surface area (Å²) in [6.45, 7) is 19.6. The zero-order valence-electron chi connectivity index (χ0n) is 28.6. The lowest BCUT2D eigenvalue weighted by molar-refractivity contribution is -0.109. The van der Waals surface area contributed by atoms with Crippen molar-refractivity contribution in [3.8, 4) is 11.1 Å². The van der Waals surface area contributed by atoms with Crippen LogP contribution in [0.2, 0.25) is 0 Å². The van der Waals surface area contributed by atoms with Crippen molar-refractivity contribution in [2.75, 3.05) is 32.0 Å². The molecule has 2 aromatic heterocycles. The van der Waals surface area contributed by atoms with Gasteiger partial charge in [-0.1, -0.05) is 79.3 Å². The Morgan fingerprint density at radius 1 is 1.02 bits per heavy atom. The number of aryl methyl sites for hydroxylation is 3. The molecule has 242 valence electrons. The molecule has 0 saturated heterocycles. The van der Waals surface area contributed by atoms with Crippen LogP contribution in [0.15, 0.2) is 30.9 Å². The van der Waals surface area contributed by atoms with E-state index in [1.807, 2.05) is 40.1 Å². The van der Waals surface area contributed by atoms with Crippen molar-refractivity contribution in [2.24, 2.45) is 0 Å². The van der Waals surface area contributed by atoms with Crippen LogP contribution in [0.1, 0.15) is 96.8 Å². The van der Waals surface area contributed by atoms with Gasteiger partial charge in [-0.15, -0.1) is 10.3 Å². The molecular formula is C34H55N3O4S2. The normalized spacial score (nSPS) is 11.7. The van der Waals surface area contributed by atoms with Crippen LogP contribution in [-0.2, 0) is 33.1 Å². The summed E-state index contributed by atoms with van der Waals surface area (Å²) in [6, 6.07) is 4.28. The zero-order chi connectivity index (χ0) is 32.8. The fourth-order valence-corrected chi connectivity index (χ4v) is 5.99. The number of hydrogen-bond acceptors (Lipinski definition) is 7. The van der Waals surface area contributed by atoms with Gasteiger partial charge in [-0.3, -0.25) is 4.79 Å². The second-order valence-corrected chi connectivity index (χ2v) is 16.1. The van der Waals surface area contributed by atoms with E-state index in [1.165, 1.54) is 25.2 Å². The zero-order valence-corrected chi connectivity index (χ0v) is 30.3. The average Bonchev–Trinajstić information content (AvgIpc) is 3.31. The Morgan fingerprint density at radius 3 is 2.19 bits per heavy atom. The van der Waals surface area contributed by atoms with Crippen LogP contribution in [0.5, 0.6) is 0 Å². The minimum atomic E-state index is -1.23. The largest absolute Gasteiger partial charge is 0.464 e. The quantitative estimate of drug-likeness (QED) is 0.145. The third kappa shape index (κ3) is 10.1. The molecule has 3 rings (SSSR count). The van der Waals surface area contributed by atoms with E-state index in [-0.39, 0.29) is 15.8 Å². The molecule has 43 heavy (non-hydrogen) atoms. The monoisotopic (exact) mass is 633 g/mol. The molecular weight excluding hydrogens is 579 g/mol. The number of rotatable bonds is 12. The Labute approximate surface area is 266 Å². The van der Waals surface area contributed by atoms with E-state index in [0.29, 0.717) is 31.0 Å². The van der Waals surface area contributed by atoms with E-state index < -0.39 is 10.3 Å². The first-order chi connectivity index (χ1) is 20.4. The van der Waals surface area contributed by atoms with Gasteiger partial charge in [0.1, 0.15) is 12.0 Å². The summed E-state index contributed by atoms with van der Waals surface area (Å²) in [5.74, 6) is 0.330. The van der Waals surface area contributed by atoms with Crippen LogP contribution in [0.4, 0.5) is 0 Å². The fraction of sp³-hybridized carbons (Fsp3) is 0.588. The summed E-state index contributed by atoms with van der Waals surface area (Å²) in [7, 11) is 0.197. The minimum absolute atomic E-state index is 0.0846. The van der Waals surface area contributed by atoms with Crippen LogP contribution in [0.25, 0.3) is 22.0 Å². The third-order valence-corrected chi connectivity index (χ3v) is 11.9. The smallest absolute Gasteiger partial charge is 0.354 e.